The number of aromatic nitrogens is 1. The fraction of sp³-hybridized carbons (Fsp3) is 0.545. The average molecular weight is 209 g/mol. The average Bonchev–Trinajstić information content (AvgIpc) is 2.28. The van der Waals surface area contributed by atoms with Crippen LogP contribution in [0.4, 0.5) is 5.82 Å². The number of nitrogens with zero attached hydrogens (tertiary/aromatic N) is 2. The Morgan fingerprint density at radius 1 is 1.53 bits per heavy atom. The van der Waals surface area contributed by atoms with Crippen LogP contribution >= 0.6 is 0 Å². The van der Waals surface area contributed by atoms with E-state index in [0.29, 0.717) is 19.2 Å². The molecule has 0 aromatic carbocycles. The zero-order chi connectivity index (χ0) is 11.3. The van der Waals surface area contributed by atoms with Crippen LogP contribution in [0.5, 0.6) is 0 Å². The highest BCUT2D eigenvalue weighted by atomic mass is 16.5. The van der Waals surface area contributed by atoms with E-state index in [0.717, 1.165) is 11.4 Å². The number of hydrogen-bond acceptors (Lipinski definition) is 4. The van der Waals surface area contributed by atoms with Crippen molar-refractivity contribution in [2.45, 2.75) is 19.5 Å². The summed E-state index contributed by atoms with van der Waals surface area (Å²) in [4.78, 5) is 6.43. The largest absolute Gasteiger partial charge is 0.383 e. The molecular formula is C11H19N3O. The first kappa shape index (κ1) is 11.9. The second-order valence-corrected chi connectivity index (χ2v) is 3.64. The molecule has 1 atom stereocenters. The highest BCUT2D eigenvalue weighted by Crippen LogP contribution is 2.12. The Labute approximate surface area is 91.1 Å². The molecule has 1 heterocycles. The lowest BCUT2D eigenvalue weighted by molar-refractivity contribution is 0.183. The number of methoxy groups -OCH3 is 1. The van der Waals surface area contributed by atoms with Crippen LogP contribution < -0.4 is 10.6 Å². The number of pyridine rings is 1. The molecule has 0 aliphatic rings. The third-order valence-electron chi connectivity index (χ3n) is 2.48. The minimum Gasteiger partial charge on any atom is -0.383 e. The molecule has 0 fully saturated rings. The lowest BCUT2D eigenvalue weighted by Gasteiger charge is -2.25. The van der Waals surface area contributed by atoms with E-state index in [1.54, 1.807) is 7.11 Å². The molecule has 15 heavy (non-hydrogen) atoms. The van der Waals surface area contributed by atoms with Crippen molar-refractivity contribution in [3.63, 3.8) is 0 Å². The number of anilines is 1. The molecule has 0 radical (unpaired) electrons. The van der Waals surface area contributed by atoms with Crippen molar-refractivity contribution >= 4 is 5.82 Å². The third kappa shape index (κ3) is 3.18. The van der Waals surface area contributed by atoms with Crippen LogP contribution in [0.3, 0.4) is 0 Å². The molecule has 1 rings (SSSR count). The van der Waals surface area contributed by atoms with E-state index in [4.69, 9.17) is 10.5 Å². The maximum absolute atomic E-state index is 5.51. The van der Waals surface area contributed by atoms with Crippen molar-refractivity contribution in [3.8, 4) is 0 Å². The molecule has 4 heteroatoms. The zero-order valence-corrected chi connectivity index (χ0v) is 9.60. The van der Waals surface area contributed by atoms with Crippen LogP contribution in [0.2, 0.25) is 0 Å². The van der Waals surface area contributed by atoms with Crippen LogP contribution in [0.25, 0.3) is 0 Å². The molecule has 0 aliphatic heterocycles. The van der Waals surface area contributed by atoms with Crippen LogP contribution in [0, 0.1) is 0 Å². The predicted molar refractivity (Wildman–Crippen MR) is 61.9 cm³/mol. The van der Waals surface area contributed by atoms with E-state index in [1.807, 2.05) is 25.4 Å². The first-order valence-corrected chi connectivity index (χ1v) is 5.05. The standard InChI is InChI=1S/C11H19N3O/c1-9(8-15-3)14(2)11-5-4-10(6-12)7-13-11/h4-5,7,9H,6,8,12H2,1-3H3. The van der Waals surface area contributed by atoms with Crippen LogP contribution in [-0.2, 0) is 11.3 Å². The van der Waals surface area contributed by atoms with Crippen molar-refractivity contribution in [3.05, 3.63) is 23.9 Å². The van der Waals surface area contributed by atoms with Gasteiger partial charge in [-0.25, -0.2) is 4.98 Å². The quantitative estimate of drug-likeness (QED) is 0.786. The Morgan fingerprint density at radius 2 is 2.27 bits per heavy atom. The Balaban J connectivity index is 2.69. The molecule has 1 unspecified atom stereocenters. The van der Waals surface area contributed by atoms with Crippen molar-refractivity contribution in [2.75, 3.05) is 25.7 Å². The van der Waals surface area contributed by atoms with Crippen molar-refractivity contribution in [1.82, 2.24) is 4.98 Å². The van der Waals surface area contributed by atoms with E-state index < -0.39 is 0 Å². The first-order chi connectivity index (χ1) is 7.19. The second-order valence-electron chi connectivity index (χ2n) is 3.64. The van der Waals surface area contributed by atoms with Crippen LogP contribution in [-0.4, -0.2) is 31.8 Å². The Hall–Kier alpha value is -1.13. The monoisotopic (exact) mass is 209 g/mol. The Kier molecular flexibility index (Phi) is 4.52. The molecule has 0 aliphatic carbocycles. The number of nitrogens with two attached hydrogens (primary N) is 1. The van der Waals surface area contributed by atoms with Gasteiger partial charge in [0.05, 0.1) is 12.6 Å². The molecule has 0 saturated carbocycles. The lowest BCUT2D eigenvalue weighted by atomic mass is 10.2. The summed E-state index contributed by atoms with van der Waals surface area (Å²) in [6.45, 7) is 3.32. The van der Waals surface area contributed by atoms with Gasteiger partial charge in [0, 0.05) is 26.9 Å². The smallest absolute Gasteiger partial charge is 0.128 e. The van der Waals surface area contributed by atoms with E-state index >= 15 is 0 Å². The topological polar surface area (TPSA) is 51.4 Å². The number of likely N-dealkylation sites (N-methyl/N-ethyl adjacent to an activating group) is 1. The summed E-state index contributed by atoms with van der Waals surface area (Å²) < 4.78 is 5.10. The summed E-state index contributed by atoms with van der Waals surface area (Å²) in [5.41, 5.74) is 6.56. The molecule has 4 nitrogen and oxygen atoms in total. The highest BCUT2D eigenvalue weighted by Gasteiger charge is 2.10. The molecule has 1 aromatic rings. The molecular weight excluding hydrogens is 190 g/mol. The number of hydrogen-bond donors (Lipinski definition) is 1. The summed E-state index contributed by atoms with van der Waals surface area (Å²) in [5, 5.41) is 0. The Bertz CT molecular complexity index is 286. The maximum Gasteiger partial charge on any atom is 0.128 e. The second kappa shape index (κ2) is 5.68. The van der Waals surface area contributed by atoms with Gasteiger partial charge in [0.1, 0.15) is 5.82 Å². The van der Waals surface area contributed by atoms with Crippen molar-refractivity contribution in [1.29, 1.82) is 0 Å². The molecule has 1 aromatic heterocycles. The summed E-state index contributed by atoms with van der Waals surface area (Å²) in [6, 6.07) is 4.29. The summed E-state index contributed by atoms with van der Waals surface area (Å²) in [5.74, 6) is 0.941. The van der Waals surface area contributed by atoms with Crippen molar-refractivity contribution in [2.24, 2.45) is 5.73 Å². The van der Waals surface area contributed by atoms with E-state index in [9.17, 15) is 0 Å². The van der Waals surface area contributed by atoms with Gasteiger partial charge in [0.2, 0.25) is 0 Å². The molecule has 0 amide bonds. The maximum atomic E-state index is 5.51. The number of rotatable bonds is 5. The van der Waals surface area contributed by atoms with Crippen LogP contribution in [0.1, 0.15) is 12.5 Å². The van der Waals surface area contributed by atoms with Gasteiger partial charge in [0.15, 0.2) is 0 Å². The molecule has 0 saturated heterocycles. The fourth-order valence-electron chi connectivity index (χ4n) is 1.32. The zero-order valence-electron chi connectivity index (χ0n) is 9.60. The fourth-order valence-corrected chi connectivity index (χ4v) is 1.32. The van der Waals surface area contributed by atoms with E-state index in [1.165, 1.54) is 0 Å². The number of ether oxygens (including phenoxy) is 1. The van der Waals surface area contributed by atoms with Crippen molar-refractivity contribution < 1.29 is 4.74 Å². The highest BCUT2D eigenvalue weighted by molar-refractivity contribution is 5.39. The molecule has 0 spiro atoms. The van der Waals surface area contributed by atoms with Gasteiger partial charge in [0.25, 0.3) is 0 Å². The summed E-state index contributed by atoms with van der Waals surface area (Å²) in [7, 11) is 3.71. The predicted octanol–water partition coefficient (Wildman–Crippen LogP) is 1.01. The molecule has 0 bridgehead atoms. The Morgan fingerprint density at radius 3 is 2.73 bits per heavy atom. The summed E-state index contributed by atoms with van der Waals surface area (Å²) in [6.07, 6.45) is 1.81. The summed E-state index contributed by atoms with van der Waals surface area (Å²) >= 11 is 0. The minimum absolute atomic E-state index is 0.311. The normalized spacial score (nSPS) is 12.5. The van der Waals surface area contributed by atoms with Gasteiger partial charge in [-0.3, -0.25) is 0 Å². The lowest BCUT2D eigenvalue weighted by Crippen LogP contribution is -2.33. The SMILES string of the molecule is COCC(C)N(C)c1ccc(CN)cn1. The first-order valence-electron chi connectivity index (χ1n) is 5.05. The molecule has 2 N–H and O–H groups in total. The van der Waals surface area contributed by atoms with E-state index in [2.05, 4.69) is 16.8 Å². The van der Waals surface area contributed by atoms with Gasteiger partial charge < -0.3 is 15.4 Å². The van der Waals surface area contributed by atoms with Gasteiger partial charge in [-0.15, -0.1) is 0 Å². The minimum atomic E-state index is 0.311. The van der Waals surface area contributed by atoms with Gasteiger partial charge in [-0.2, -0.15) is 0 Å². The third-order valence-corrected chi connectivity index (χ3v) is 2.48. The van der Waals surface area contributed by atoms with Crippen LogP contribution in [0.15, 0.2) is 18.3 Å². The van der Waals surface area contributed by atoms with Gasteiger partial charge in [-0.1, -0.05) is 6.07 Å². The van der Waals surface area contributed by atoms with E-state index in [-0.39, 0.29) is 0 Å². The van der Waals surface area contributed by atoms with Gasteiger partial charge in [-0.05, 0) is 18.6 Å². The van der Waals surface area contributed by atoms with Gasteiger partial charge >= 0.3 is 0 Å². The molecule has 84 valence electrons.